The SMILES string of the molecule is COc1ccc(Nc2c(C(=O)N3CCOCC3)cnc3ccc(F)cc23)cc1Cl. The number of carbonyl (C=O) groups is 1. The molecule has 1 aliphatic rings. The quantitative estimate of drug-likeness (QED) is 0.690. The molecule has 0 atom stereocenters. The number of anilines is 2. The molecule has 1 amide bonds. The number of carbonyl (C=O) groups excluding carboxylic acids is 1. The summed E-state index contributed by atoms with van der Waals surface area (Å²) in [7, 11) is 1.53. The topological polar surface area (TPSA) is 63.7 Å². The molecule has 150 valence electrons. The van der Waals surface area contributed by atoms with Crippen molar-refractivity contribution in [2.45, 2.75) is 0 Å². The monoisotopic (exact) mass is 415 g/mol. The van der Waals surface area contributed by atoms with Gasteiger partial charge in [-0.2, -0.15) is 0 Å². The number of ether oxygens (including phenoxy) is 2. The highest BCUT2D eigenvalue weighted by Gasteiger charge is 2.23. The summed E-state index contributed by atoms with van der Waals surface area (Å²) in [5.74, 6) is -0.0624. The number of hydrogen-bond acceptors (Lipinski definition) is 5. The minimum atomic E-state index is -0.411. The van der Waals surface area contributed by atoms with Gasteiger partial charge in [0, 0.05) is 30.4 Å². The molecular formula is C21H19ClFN3O3. The molecule has 0 aliphatic carbocycles. The minimum Gasteiger partial charge on any atom is -0.495 e. The molecule has 1 fully saturated rings. The van der Waals surface area contributed by atoms with E-state index >= 15 is 0 Å². The fraction of sp³-hybridized carbons (Fsp3) is 0.238. The van der Waals surface area contributed by atoms with Crippen LogP contribution in [0.2, 0.25) is 5.02 Å². The summed E-state index contributed by atoms with van der Waals surface area (Å²) in [6.07, 6.45) is 1.52. The first kappa shape index (κ1) is 19.4. The molecule has 1 saturated heterocycles. The van der Waals surface area contributed by atoms with Crippen LogP contribution < -0.4 is 10.1 Å². The zero-order valence-corrected chi connectivity index (χ0v) is 16.5. The van der Waals surface area contributed by atoms with Crippen LogP contribution in [0.5, 0.6) is 5.75 Å². The lowest BCUT2D eigenvalue weighted by Crippen LogP contribution is -2.41. The van der Waals surface area contributed by atoms with E-state index in [4.69, 9.17) is 21.1 Å². The molecular weight excluding hydrogens is 397 g/mol. The molecule has 6 nitrogen and oxygen atoms in total. The van der Waals surface area contributed by atoms with Crippen molar-refractivity contribution in [2.75, 3.05) is 38.7 Å². The van der Waals surface area contributed by atoms with Crippen LogP contribution in [0.25, 0.3) is 10.9 Å². The summed E-state index contributed by atoms with van der Waals surface area (Å²) >= 11 is 6.24. The molecule has 0 radical (unpaired) electrons. The molecule has 0 bridgehead atoms. The number of benzene rings is 2. The van der Waals surface area contributed by atoms with Crippen LogP contribution in [-0.4, -0.2) is 49.2 Å². The lowest BCUT2D eigenvalue weighted by atomic mass is 10.1. The number of amides is 1. The Bertz CT molecular complexity index is 1070. The third-order valence-corrected chi connectivity index (χ3v) is 5.08. The second-order valence-electron chi connectivity index (χ2n) is 6.59. The van der Waals surface area contributed by atoms with Crippen LogP contribution >= 0.6 is 11.6 Å². The van der Waals surface area contributed by atoms with Gasteiger partial charge in [0.25, 0.3) is 5.91 Å². The normalized spacial score (nSPS) is 14.1. The van der Waals surface area contributed by atoms with Gasteiger partial charge in [-0.1, -0.05) is 11.6 Å². The van der Waals surface area contributed by atoms with Gasteiger partial charge in [-0.05, 0) is 36.4 Å². The van der Waals surface area contributed by atoms with E-state index in [-0.39, 0.29) is 5.91 Å². The molecule has 1 aliphatic heterocycles. The van der Waals surface area contributed by atoms with Gasteiger partial charge in [0.15, 0.2) is 0 Å². The van der Waals surface area contributed by atoms with Gasteiger partial charge in [-0.15, -0.1) is 0 Å². The molecule has 29 heavy (non-hydrogen) atoms. The maximum absolute atomic E-state index is 14.0. The van der Waals surface area contributed by atoms with E-state index in [0.29, 0.717) is 64.9 Å². The molecule has 4 rings (SSSR count). The summed E-state index contributed by atoms with van der Waals surface area (Å²) in [4.78, 5) is 19.2. The van der Waals surface area contributed by atoms with Gasteiger partial charge in [-0.3, -0.25) is 9.78 Å². The van der Waals surface area contributed by atoms with Gasteiger partial charge in [0.2, 0.25) is 0 Å². The van der Waals surface area contributed by atoms with Gasteiger partial charge in [-0.25, -0.2) is 4.39 Å². The summed E-state index contributed by atoms with van der Waals surface area (Å²) in [6.45, 7) is 1.96. The van der Waals surface area contributed by atoms with E-state index < -0.39 is 5.82 Å². The summed E-state index contributed by atoms with van der Waals surface area (Å²) in [5, 5.41) is 4.16. The van der Waals surface area contributed by atoms with Crippen LogP contribution in [0.4, 0.5) is 15.8 Å². The third kappa shape index (κ3) is 3.97. The van der Waals surface area contributed by atoms with E-state index in [2.05, 4.69) is 10.3 Å². The number of halogens is 2. The largest absolute Gasteiger partial charge is 0.495 e. The highest BCUT2D eigenvalue weighted by Crippen LogP contribution is 2.33. The Morgan fingerprint density at radius 2 is 2.03 bits per heavy atom. The van der Waals surface area contributed by atoms with Crippen molar-refractivity contribution in [3.8, 4) is 5.75 Å². The zero-order valence-electron chi connectivity index (χ0n) is 15.7. The molecule has 8 heteroatoms. The average molecular weight is 416 g/mol. The maximum Gasteiger partial charge on any atom is 0.257 e. The van der Waals surface area contributed by atoms with E-state index in [1.54, 1.807) is 29.2 Å². The molecule has 0 spiro atoms. The molecule has 1 N–H and O–H groups in total. The number of nitrogens with zero attached hydrogens (tertiary/aromatic N) is 2. The van der Waals surface area contributed by atoms with Gasteiger partial charge in [0.05, 0.1) is 42.1 Å². The molecule has 0 saturated carbocycles. The van der Waals surface area contributed by atoms with Crippen molar-refractivity contribution >= 4 is 39.8 Å². The summed E-state index contributed by atoms with van der Waals surface area (Å²) < 4.78 is 24.5. The van der Waals surface area contributed by atoms with Crippen LogP contribution in [0.15, 0.2) is 42.6 Å². The highest BCUT2D eigenvalue weighted by atomic mass is 35.5. The first-order valence-electron chi connectivity index (χ1n) is 9.12. The number of hydrogen-bond donors (Lipinski definition) is 1. The Morgan fingerprint density at radius 1 is 1.24 bits per heavy atom. The standard InChI is InChI=1S/C21H19ClFN3O3/c1-28-19-5-3-14(11-17(19)22)25-20-15-10-13(23)2-4-18(15)24-12-16(20)21(27)26-6-8-29-9-7-26/h2-5,10-12H,6-9H2,1H3,(H,24,25). The third-order valence-electron chi connectivity index (χ3n) is 4.78. The van der Waals surface area contributed by atoms with E-state index in [1.807, 2.05) is 0 Å². The van der Waals surface area contributed by atoms with Crippen LogP contribution in [-0.2, 0) is 4.74 Å². The first-order valence-corrected chi connectivity index (χ1v) is 9.50. The van der Waals surface area contributed by atoms with Crippen molar-refractivity contribution in [2.24, 2.45) is 0 Å². The van der Waals surface area contributed by atoms with Gasteiger partial charge >= 0.3 is 0 Å². The number of morpholine rings is 1. The highest BCUT2D eigenvalue weighted by molar-refractivity contribution is 6.32. The van der Waals surface area contributed by atoms with E-state index in [9.17, 15) is 9.18 Å². The number of methoxy groups -OCH3 is 1. The fourth-order valence-electron chi connectivity index (χ4n) is 3.29. The van der Waals surface area contributed by atoms with Crippen molar-refractivity contribution in [1.82, 2.24) is 9.88 Å². The molecule has 2 aromatic carbocycles. The fourth-order valence-corrected chi connectivity index (χ4v) is 3.54. The van der Waals surface area contributed by atoms with E-state index in [0.717, 1.165) is 0 Å². The molecule has 1 aromatic heterocycles. The lowest BCUT2D eigenvalue weighted by Gasteiger charge is -2.28. The second-order valence-corrected chi connectivity index (χ2v) is 6.99. The number of fused-ring (bicyclic) bond motifs is 1. The Morgan fingerprint density at radius 3 is 2.76 bits per heavy atom. The maximum atomic E-state index is 14.0. The number of nitrogens with one attached hydrogen (secondary N) is 1. The predicted molar refractivity (Wildman–Crippen MR) is 110 cm³/mol. The Balaban J connectivity index is 1.81. The van der Waals surface area contributed by atoms with Crippen molar-refractivity contribution in [1.29, 1.82) is 0 Å². The van der Waals surface area contributed by atoms with Crippen molar-refractivity contribution in [3.63, 3.8) is 0 Å². The number of aromatic nitrogens is 1. The predicted octanol–water partition coefficient (Wildman–Crippen LogP) is 4.25. The summed E-state index contributed by atoms with van der Waals surface area (Å²) in [5.41, 5.74) is 2.06. The smallest absolute Gasteiger partial charge is 0.257 e. The van der Waals surface area contributed by atoms with Gasteiger partial charge in [0.1, 0.15) is 11.6 Å². The Hall–Kier alpha value is -2.90. The molecule has 2 heterocycles. The summed E-state index contributed by atoms with van der Waals surface area (Å²) in [6, 6.07) is 9.48. The van der Waals surface area contributed by atoms with Crippen LogP contribution in [0.3, 0.4) is 0 Å². The molecule has 0 unspecified atom stereocenters. The first-order chi connectivity index (χ1) is 14.1. The lowest BCUT2D eigenvalue weighted by molar-refractivity contribution is 0.0303. The minimum absolute atomic E-state index is 0.186. The Kier molecular flexibility index (Phi) is 5.51. The van der Waals surface area contributed by atoms with Crippen LogP contribution in [0, 0.1) is 5.82 Å². The van der Waals surface area contributed by atoms with Crippen molar-refractivity contribution in [3.05, 3.63) is 59.0 Å². The molecule has 3 aromatic rings. The zero-order chi connectivity index (χ0) is 20.4. The second kappa shape index (κ2) is 8.23. The average Bonchev–Trinajstić information content (AvgIpc) is 2.74. The van der Waals surface area contributed by atoms with Crippen LogP contribution in [0.1, 0.15) is 10.4 Å². The van der Waals surface area contributed by atoms with Gasteiger partial charge < -0.3 is 19.7 Å². The Labute approximate surface area is 172 Å². The number of pyridine rings is 1. The number of rotatable bonds is 4. The van der Waals surface area contributed by atoms with E-state index in [1.165, 1.54) is 25.4 Å². The van der Waals surface area contributed by atoms with Crippen molar-refractivity contribution < 1.29 is 18.7 Å².